The predicted molar refractivity (Wildman–Crippen MR) is 56.7 cm³/mol. The van der Waals surface area contributed by atoms with Gasteiger partial charge in [-0.25, -0.2) is 0 Å². The molecule has 78 valence electrons. The van der Waals surface area contributed by atoms with E-state index in [-0.39, 0.29) is 12.2 Å². The molecule has 0 aliphatic rings. The summed E-state index contributed by atoms with van der Waals surface area (Å²) in [5, 5.41) is 9.62. The smallest absolute Gasteiger partial charge is 0.165 e. The van der Waals surface area contributed by atoms with E-state index in [1.165, 1.54) is 0 Å². The number of hydrogen-bond donors (Lipinski definition) is 1. The lowest BCUT2D eigenvalue weighted by Gasteiger charge is -1.91. The molecule has 0 aliphatic carbocycles. The fraction of sp³-hybridized carbons (Fsp3) is 0.250. The molecule has 0 saturated heterocycles. The van der Waals surface area contributed by atoms with Gasteiger partial charge in [0.2, 0.25) is 0 Å². The molecule has 0 fully saturated rings. The van der Waals surface area contributed by atoms with E-state index in [9.17, 15) is 4.79 Å². The second-order valence-electron chi connectivity index (χ2n) is 3.63. The maximum Gasteiger partial charge on any atom is 0.165 e. The maximum atomic E-state index is 11.0. The minimum atomic E-state index is -0.434. The number of benzene rings is 1. The van der Waals surface area contributed by atoms with Crippen molar-refractivity contribution in [1.29, 1.82) is 0 Å². The van der Waals surface area contributed by atoms with Crippen molar-refractivity contribution in [3.8, 4) is 0 Å². The molecule has 1 heterocycles. The number of rotatable bonds is 3. The van der Waals surface area contributed by atoms with Crippen LogP contribution in [0.2, 0.25) is 0 Å². The van der Waals surface area contributed by atoms with Gasteiger partial charge in [-0.3, -0.25) is 4.79 Å². The summed E-state index contributed by atoms with van der Waals surface area (Å²) in [7, 11) is 0. The molecule has 2 rings (SSSR count). The first-order chi connectivity index (χ1) is 7.19. The normalized spacial score (nSPS) is 10.8. The van der Waals surface area contributed by atoms with Crippen molar-refractivity contribution in [1.82, 2.24) is 0 Å². The third kappa shape index (κ3) is 2.07. The lowest BCUT2D eigenvalue weighted by atomic mass is 10.1. The fourth-order valence-corrected chi connectivity index (χ4v) is 1.56. The van der Waals surface area contributed by atoms with Crippen LogP contribution in [0.25, 0.3) is 11.0 Å². The molecule has 0 amide bonds. The van der Waals surface area contributed by atoms with Gasteiger partial charge in [-0.1, -0.05) is 11.6 Å². The van der Waals surface area contributed by atoms with Crippen LogP contribution in [0.4, 0.5) is 0 Å². The molecule has 0 unspecified atom stereocenters. The topological polar surface area (TPSA) is 50.4 Å². The highest BCUT2D eigenvalue weighted by Crippen LogP contribution is 2.20. The molecule has 15 heavy (non-hydrogen) atoms. The zero-order valence-electron chi connectivity index (χ0n) is 8.49. The third-order valence-corrected chi connectivity index (χ3v) is 2.27. The van der Waals surface area contributed by atoms with E-state index in [1.807, 2.05) is 31.2 Å². The van der Waals surface area contributed by atoms with Crippen LogP contribution in [0.1, 0.15) is 11.3 Å². The van der Waals surface area contributed by atoms with Gasteiger partial charge in [0.25, 0.3) is 0 Å². The second-order valence-corrected chi connectivity index (χ2v) is 3.63. The molecule has 3 nitrogen and oxygen atoms in total. The van der Waals surface area contributed by atoms with Crippen molar-refractivity contribution >= 4 is 16.8 Å². The van der Waals surface area contributed by atoms with Crippen LogP contribution < -0.4 is 0 Å². The summed E-state index contributed by atoms with van der Waals surface area (Å²) in [6.45, 7) is 1.57. The van der Waals surface area contributed by atoms with Crippen LogP contribution in [-0.4, -0.2) is 17.5 Å². The summed E-state index contributed by atoms with van der Waals surface area (Å²) >= 11 is 0. The Labute approximate surface area is 87.3 Å². The highest BCUT2D eigenvalue weighted by Gasteiger charge is 2.07. The number of aryl methyl sites for hydroxylation is 1. The minimum Gasteiger partial charge on any atom is -0.461 e. The molecule has 0 atom stereocenters. The molecular formula is C12H12O3. The summed E-state index contributed by atoms with van der Waals surface area (Å²) in [5.41, 5.74) is 1.93. The first-order valence-electron chi connectivity index (χ1n) is 4.80. The van der Waals surface area contributed by atoms with E-state index in [0.717, 1.165) is 16.5 Å². The molecule has 0 aliphatic heterocycles. The van der Waals surface area contributed by atoms with Gasteiger partial charge in [0, 0.05) is 5.39 Å². The molecular weight excluding hydrogens is 192 g/mol. The Bertz CT molecular complexity index is 497. The Hall–Kier alpha value is -1.61. The molecule has 2 aromatic rings. The van der Waals surface area contributed by atoms with Gasteiger partial charge in [0.05, 0.1) is 6.42 Å². The molecule has 1 aromatic carbocycles. The van der Waals surface area contributed by atoms with Crippen molar-refractivity contribution in [2.75, 3.05) is 6.61 Å². The van der Waals surface area contributed by atoms with Crippen molar-refractivity contribution < 1.29 is 14.3 Å². The Morgan fingerprint density at radius 2 is 2.20 bits per heavy atom. The van der Waals surface area contributed by atoms with Crippen LogP contribution in [0, 0.1) is 6.92 Å². The molecule has 0 spiro atoms. The van der Waals surface area contributed by atoms with Crippen molar-refractivity contribution in [2.45, 2.75) is 13.3 Å². The number of hydrogen-bond acceptors (Lipinski definition) is 3. The third-order valence-electron chi connectivity index (χ3n) is 2.27. The minimum absolute atomic E-state index is 0.157. The van der Waals surface area contributed by atoms with Gasteiger partial charge >= 0.3 is 0 Å². The van der Waals surface area contributed by atoms with E-state index in [4.69, 9.17) is 9.52 Å². The molecule has 3 heteroatoms. The summed E-state index contributed by atoms with van der Waals surface area (Å²) in [6.07, 6.45) is 0.157. The van der Waals surface area contributed by atoms with Gasteiger partial charge in [0.15, 0.2) is 5.78 Å². The predicted octanol–water partition coefficient (Wildman–Crippen LogP) is 1.85. The number of fused-ring (bicyclic) bond motifs is 1. The van der Waals surface area contributed by atoms with Crippen molar-refractivity contribution in [2.24, 2.45) is 0 Å². The summed E-state index contributed by atoms with van der Waals surface area (Å²) in [5.74, 6) is 0.375. The van der Waals surface area contributed by atoms with E-state index in [1.54, 1.807) is 0 Å². The fourth-order valence-electron chi connectivity index (χ4n) is 1.56. The SMILES string of the molecule is Cc1ccc2oc(CC(=O)CO)cc2c1. The van der Waals surface area contributed by atoms with E-state index in [0.29, 0.717) is 5.76 Å². The van der Waals surface area contributed by atoms with Crippen LogP contribution in [0.15, 0.2) is 28.7 Å². The lowest BCUT2D eigenvalue weighted by molar-refractivity contribution is -0.121. The van der Waals surface area contributed by atoms with Crippen LogP contribution in [-0.2, 0) is 11.2 Å². The average molecular weight is 204 g/mol. The highest BCUT2D eigenvalue weighted by molar-refractivity contribution is 5.84. The Balaban J connectivity index is 2.34. The number of aliphatic hydroxyl groups excluding tert-OH is 1. The van der Waals surface area contributed by atoms with Crippen LogP contribution in [0.3, 0.4) is 0 Å². The maximum absolute atomic E-state index is 11.0. The lowest BCUT2D eigenvalue weighted by Crippen LogP contribution is -2.06. The van der Waals surface area contributed by atoms with Gasteiger partial charge in [-0.05, 0) is 25.1 Å². The molecule has 0 radical (unpaired) electrons. The number of carbonyl (C=O) groups excluding carboxylic acids is 1. The van der Waals surface area contributed by atoms with Crippen LogP contribution >= 0.6 is 0 Å². The van der Waals surface area contributed by atoms with Gasteiger partial charge in [-0.2, -0.15) is 0 Å². The van der Waals surface area contributed by atoms with Crippen molar-refractivity contribution in [3.05, 3.63) is 35.6 Å². The van der Waals surface area contributed by atoms with E-state index >= 15 is 0 Å². The summed E-state index contributed by atoms with van der Waals surface area (Å²) < 4.78 is 5.46. The van der Waals surface area contributed by atoms with Crippen LogP contribution in [0.5, 0.6) is 0 Å². The largest absolute Gasteiger partial charge is 0.461 e. The first-order valence-corrected chi connectivity index (χ1v) is 4.80. The number of furan rings is 1. The zero-order valence-corrected chi connectivity index (χ0v) is 8.49. The standard InChI is InChI=1S/C12H12O3/c1-8-2-3-12-9(4-8)5-11(15-12)6-10(14)7-13/h2-5,13H,6-7H2,1H3. The number of carbonyl (C=O) groups is 1. The number of aliphatic hydroxyl groups is 1. The summed E-state index contributed by atoms with van der Waals surface area (Å²) in [6, 6.07) is 7.70. The number of Topliss-reactive ketones (excluding diaryl/α,β-unsaturated/α-hetero) is 1. The summed E-state index contributed by atoms with van der Waals surface area (Å²) in [4.78, 5) is 11.0. The Morgan fingerprint density at radius 3 is 2.93 bits per heavy atom. The second kappa shape index (κ2) is 3.87. The Kier molecular flexibility index (Phi) is 2.56. The van der Waals surface area contributed by atoms with Gasteiger partial charge in [-0.15, -0.1) is 0 Å². The van der Waals surface area contributed by atoms with Crippen molar-refractivity contribution in [3.63, 3.8) is 0 Å². The molecule has 0 saturated carbocycles. The zero-order chi connectivity index (χ0) is 10.8. The molecule has 1 N–H and O–H groups in total. The molecule has 1 aromatic heterocycles. The van der Waals surface area contributed by atoms with Gasteiger partial charge in [0.1, 0.15) is 18.0 Å². The Morgan fingerprint density at radius 1 is 1.40 bits per heavy atom. The first kappa shape index (κ1) is 9.93. The quantitative estimate of drug-likeness (QED) is 0.830. The van der Waals surface area contributed by atoms with E-state index in [2.05, 4.69) is 0 Å². The van der Waals surface area contributed by atoms with Gasteiger partial charge < -0.3 is 9.52 Å². The monoisotopic (exact) mass is 204 g/mol. The van der Waals surface area contributed by atoms with E-state index < -0.39 is 6.61 Å². The molecule has 0 bridgehead atoms. The average Bonchev–Trinajstić information content (AvgIpc) is 2.59. The highest BCUT2D eigenvalue weighted by atomic mass is 16.3. The number of ketones is 1.